The van der Waals surface area contributed by atoms with Crippen molar-refractivity contribution in [2.24, 2.45) is 0 Å². The maximum absolute atomic E-state index is 13.0. The maximum Gasteiger partial charge on any atom is 0.264 e. The van der Waals surface area contributed by atoms with Gasteiger partial charge in [0.25, 0.3) is 11.5 Å². The van der Waals surface area contributed by atoms with E-state index in [1.165, 1.54) is 30.4 Å². The van der Waals surface area contributed by atoms with Gasteiger partial charge < -0.3 is 19.4 Å². The van der Waals surface area contributed by atoms with E-state index in [1.807, 2.05) is 19.9 Å². The van der Waals surface area contributed by atoms with E-state index in [0.717, 1.165) is 12.0 Å². The van der Waals surface area contributed by atoms with Gasteiger partial charge in [0.05, 0.1) is 36.5 Å². The molecule has 0 aliphatic rings. The Morgan fingerprint density at radius 2 is 1.86 bits per heavy atom. The Kier molecular flexibility index (Phi) is 6.22. The van der Waals surface area contributed by atoms with Crippen LogP contribution in [-0.2, 0) is 13.0 Å². The Bertz CT molecular complexity index is 1100. The van der Waals surface area contributed by atoms with Gasteiger partial charge in [0, 0.05) is 17.5 Å². The smallest absolute Gasteiger partial charge is 0.264 e. The van der Waals surface area contributed by atoms with Gasteiger partial charge in [-0.05, 0) is 38.0 Å². The minimum atomic E-state index is -0.283. The van der Waals surface area contributed by atoms with Gasteiger partial charge in [0.1, 0.15) is 5.82 Å². The molecule has 0 atom stereocenters. The number of benzene rings is 1. The summed E-state index contributed by atoms with van der Waals surface area (Å²) in [6.45, 7) is 6.73. The van der Waals surface area contributed by atoms with Crippen molar-refractivity contribution < 1.29 is 14.3 Å². The van der Waals surface area contributed by atoms with Crippen molar-refractivity contribution in [3.8, 4) is 11.5 Å². The molecule has 0 unspecified atom stereocenters. The molecule has 0 fully saturated rings. The number of aromatic amines is 1. The molecule has 0 aliphatic carbocycles. The second-order valence-corrected chi connectivity index (χ2v) is 7.76. The van der Waals surface area contributed by atoms with E-state index in [1.54, 1.807) is 17.0 Å². The molecule has 3 aromatic rings. The van der Waals surface area contributed by atoms with Gasteiger partial charge in [-0.2, -0.15) is 0 Å². The number of thiophene rings is 1. The quantitative estimate of drug-likeness (QED) is 0.638. The molecular weight excluding hydrogens is 390 g/mol. The summed E-state index contributed by atoms with van der Waals surface area (Å²) < 4.78 is 10.6. The highest BCUT2D eigenvalue weighted by Crippen LogP contribution is 2.30. The zero-order valence-electron chi connectivity index (χ0n) is 17.3. The first-order valence-electron chi connectivity index (χ1n) is 9.45. The lowest BCUT2D eigenvalue weighted by molar-refractivity contribution is 0.0753. The molecule has 7 nitrogen and oxygen atoms in total. The topological polar surface area (TPSA) is 84.5 Å². The maximum atomic E-state index is 13.0. The number of ether oxygens (including phenoxy) is 2. The number of fused-ring (bicyclic) bond motifs is 1. The first kappa shape index (κ1) is 20.9. The summed E-state index contributed by atoms with van der Waals surface area (Å²) in [5.41, 5.74) is 1.34. The summed E-state index contributed by atoms with van der Waals surface area (Å²) >= 11 is 1.52. The largest absolute Gasteiger partial charge is 0.493 e. The predicted octanol–water partition coefficient (Wildman–Crippen LogP) is 3.53. The molecule has 1 aromatic carbocycles. The third-order valence-electron chi connectivity index (χ3n) is 4.82. The molecule has 1 N–H and O–H groups in total. The van der Waals surface area contributed by atoms with Gasteiger partial charge in [-0.1, -0.05) is 6.92 Å². The number of methoxy groups -OCH3 is 2. The highest BCUT2D eigenvalue weighted by molar-refractivity contribution is 7.14. The van der Waals surface area contributed by atoms with Gasteiger partial charge in [0.15, 0.2) is 11.5 Å². The Labute approximate surface area is 173 Å². The van der Waals surface area contributed by atoms with Gasteiger partial charge in [-0.3, -0.25) is 9.59 Å². The molecule has 2 aromatic heterocycles. The summed E-state index contributed by atoms with van der Waals surface area (Å²) in [7, 11) is 3.05. The SMILES string of the molecule is CCc1sc(C(=O)N(CC)Cc2nc3cc(OC)c(OC)cc3c(=O)[nH]2)cc1C. The number of aryl methyl sites for hydroxylation is 2. The number of hydrogen-bond donors (Lipinski definition) is 1. The summed E-state index contributed by atoms with van der Waals surface area (Å²) in [6.07, 6.45) is 0.904. The van der Waals surface area contributed by atoms with E-state index >= 15 is 0 Å². The summed E-state index contributed by atoms with van der Waals surface area (Å²) in [5, 5.41) is 0.405. The third-order valence-corrected chi connectivity index (χ3v) is 6.19. The summed E-state index contributed by atoms with van der Waals surface area (Å²) in [4.78, 5) is 36.5. The van der Waals surface area contributed by atoms with Gasteiger partial charge >= 0.3 is 0 Å². The number of H-pyrrole nitrogens is 1. The molecule has 29 heavy (non-hydrogen) atoms. The van der Waals surface area contributed by atoms with Crippen molar-refractivity contribution in [2.45, 2.75) is 33.7 Å². The van der Waals surface area contributed by atoms with Gasteiger partial charge in [0.2, 0.25) is 0 Å². The second kappa shape index (κ2) is 8.65. The van der Waals surface area contributed by atoms with Crippen molar-refractivity contribution in [1.82, 2.24) is 14.9 Å². The van der Waals surface area contributed by atoms with E-state index in [2.05, 4.69) is 16.9 Å². The van der Waals surface area contributed by atoms with Crippen LogP contribution in [0.15, 0.2) is 23.0 Å². The summed E-state index contributed by atoms with van der Waals surface area (Å²) in [6, 6.07) is 5.20. The van der Waals surface area contributed by atoms with Crippen LogP contribution < -0.4 is 15.0 Å². The van der Waals surface area contributed by atoms with Crippen LogP contribution in [0.4, 0.5) is 0 Å². The number of carbonyl (C=O) groups excluding carboxylic acids is 1. The van der Waals surface area contributed by atoms with E-state index < -0.39 is 0 Å². The highest BCUT2D eigenvalue weighted by atomic mass is 32.1. The third kappa shape index (κ3) is 4.12. The van der Waals surface area contributed by atoms with Crippen LogP contribution in [0, 0.1) is 6.92 Å². The number of carbonyl (C=O) groups is 1. The van der Waals surface area contributed by atoms with Crippen molar-refractivity contribution in [1.29, 1.82) is 0 Å². The van der Waals surface area contributed by atoms with Crippen LogP contribution in [0.2, 0.25) is 0 Å². The number of hydrogen-bond acceptors (Lipinski definition) is 6. The Morgan fingerprint density at radius 1 is 1.17 bits per heavy atom. The summed E-state index contributed by atoms with van der Waals surface area (Å²) in [5.74, 6) is 1.32. The minimum absolute atomic E-state index is 0.0599. The van der Waals surface area contributed by atoms with E-state index in [-0.39, 0.29) is 18.0 Å². The van der Waals surface area contributed by atoms with Crippen LogP contribution in [-0.4, -0.2) is 41.5 Å². The van der Waals surface area contributed by atoms with Crippen LogP contribution >= 0.6 is 11.3 Å². The Hall–Kier alpha value is -2.87. The average molecular weight is 416 g/mol. The van der Waals surface area contributed by atoms with Crippen molar-refractivity contribution in [2.75, 3.05) is 20.8 Å². The molecule has 0 radical (unpaired) electrons. The second-order valence-electron chi connectivity index (χ2n) is 6.63. The van der Waals surface area contributed by atoms with Crippen LogP contribution in [0.3, 0.4) is 0 Å². The average Bonchev–Trinajstić information content (AvgIpc) is 3.11. The number of nitrogens with zero attached hydrogens (tertiary/aromatic N) is 2. The molecule has 1 amide bonds. The lowest BCUT2D eigenvalue weighted by Gasteiger charge is -2.19. The number of nitrogens with one attached hydrogen (secondary N) is 1. The number of aromatic nitrogens is 2. The molecular formula is C21H25N3O4S. The van der Waals surface area contributed by atoms with Crippen molar-refractivity contribution in [3.63, 3.8) is 0 Å². The fourth-order valence-corrected chi connectivity index (χ4v) is 4.31. The standard InChI is InChI=1S/C21H25N3O4S/c1-6-17-12(3)8-18(29-17)21(26)24(7-2)11-19-22-14-10-16(28-5)15(27-4)9-13(14)20(25)23-19/h8-10H,6-7,11H2,1-5H3,(H,22,23,25). The molecule has 8 heteroatoms. The fourth-order valence-electron chi connectivity index (χ4n) is 3.23. The molecule has 0 aliphatic heterocycles. The van der Waals surface area contributed by atoms with Crippen molar-refractivity contribution in [3.05, 3.63) is 49.7 Å². The molecule has 0 bridgehead atoms. The van der Waals surface area contributed by atoms with Gasteiger partial charge in [-0.25, -0.2) is 4.98 Å². The fraction of sp³-hybridized carbons (Fsp3) is 0.381. The highest BCUT2D eigenvalue weighted by Gasteiger charge is 2.20. The van der Waals surface area contributed by atoms with E-state index in [9.17, 15) is 9.59 Å². The van der Waals surface area contributed by atoms with E-state index in [0.29, 0.717) is 39.6 Å². The molecule has 0 saturated carbocycles. The molecule has 0 spiro atoms. The van der Waals surface area contributed by atoms with Crippen LogP contribution in [0.5, 0.6) is 11.5 Å². The molecule has 3 rings (SSSR count). The van der Waals surface area contributed by atoms with Crippen LogP contribution in [0.1, 0.15) is 39.8 Å². The number of rotatable bonds is 7. The monoisotopic (exact) mass is 415 g/mol. The Morgan fingerprint density at radius 3 is 2.45 bits per heavy atom. The number of amides is 1. The predicted molar refractivity (Wildman–Crippen MR) is 114 cm³/mol. The molecule has 154 valence electrons. The normalized spacial score (nSPS) is 10.9. The van der Waals surface area contributed by atoms with Crippen LogP contribution in [0.25, 0.3) is 10.9 Å². The zero-order chi connectivity index (χ0) is 21.1. The minimum Gasteiger partial charge on any atom is -0.493 e. The first-order chi connectivity index (χ1) is 13.9. The lowest BCUT2D eigenvalue weighted by atomic mass is 10.2. The van der Waals surface area contributed by atoms with Gasteiger partial charge in [-0.15, -0.1) is 11.3 Å². The van der Waals surface area contributed by atoms with Crippen molar-refractivity contribution >= 4 is 28.1 Å². The lowest BCUT2D eigenvalue weighted by Crippen LogP contribution is -2.31. The Balaban J connectivity index is 1.94. The molecule has 2 heterocycles. The molecule has 0 saturated heterocycles. The first-order valence-corrected chi connectivity index (χ1v) is 10.3. The van der Waals surface area contributed by atoms with E-state index in [4.69, 9.17) is 9.47 Å². The zero-order valence-corrected chi connectivity index (χ0v) is 18.1.